The van der Waals surface area contributed by atoms with Gasteiger partial charge in [-0.05, 0) is 24.3 Å². The van der Waals surface area contributed by atoms with Gasteiger partial charge in [-0.1, -0.05) is 0 Å². The number of ether oxygens (including phenoxy) is 1. The smallest absolute Gasteiger partial charge is 0.265 e. The van der Waals surface area contributed by atoms with Crippen molar-refractivity contribution in [3.63, 3.8) is 0 Å². The molecule has 0 saturated heterocycles. The molecule has 0 fully saturated rings. The molecular weight excluding hydrogens is 356 g/mol. The fourth-order valence-electron chi connectivity index (χ4n) is 2.72. The molecule has 2 aromatic heterocycles. The SMILES string of the molecule is COc1ccc2cnn(C)c2c1N(C)S(=O)(=O)c1ccc(C(C)=O)nc1. The average Bonchev–Trinajstić information content (AvgIpc) is 3.01. The summed E-state index contributed by atoms with van der Waals surface area (Å²) < 4.78 is 34.3. The molecule has 136 valence electrons. The molecule has 0 unspecified atom stereocenters. The maximum atomic E-state index is 13.1. The quantitative estimate of drug-likeness (QED) is 0.634. The van der Waals surface area contributed by atoms with Crippen molar-refractivity contribution in [2.45, 2.75) is 11.8 Å². The predicted octanol–water partition coefficient (Wildman–Crippen LogP) is 2.00. The minimum atomic E-state index is -3.91. The van der Waals surface area contributed by atoms with Crippen LogP contribution < -0.4 is 9.04 Å². The molecule has 0 aliphatic rings. The fourth-order valence-corrected chi connectivity index (χ4v) is 3.87. The van der Waals surface area contributed by atoms with Gasteiger partial charge in [0.1, 0.15) is 22.0 Å². The number of rotatable bonds is 5. The molecule has 1 aromatic carbocycles. The van der Waals surface area contributed by atoms with Gasteiger partial charge in [0.05, 0.1) is 18.8 Å². The van der Waals surface area contributed by atoms with Crippen molar-refractivity contribution >= 4 is 32.4 Å². The third kappa shape index (κ3) is 2.80. The first-order valence-electron chi connectivity index (χ1n) is 7.72. The van der Waals surface area contributed by atoms with Gasteiger partial charge >= 0.3 is 0 Å². The lowest BCUT2D eigenvalue weighted by Crippen LogP contribution is -2.27. The number of aromatic nitrogens is 3. The average molecular weight is 374 g/mol. The molecule has 8 nitrogen and oxygen atoms in total. The number of benzene rings is 1. The van der Waals surface area contributed by atoms with Crippen molar-refractivity contribution in [1.82, 2.24) is 14.8 Å². The van der Waals surface area contributed by atoms with Crippen molar-refractivity contribution in [3.8, 4) is 5.75 Å². The second-order valence-corrected chi connectivity index (χ2v) is 7.70. The van der Waals surface area contributed by atoms with Crippen LogP contribution in [0.3, 0.4) is 0 Å². The number of carbonyl (C=O) groups is 1. The predicted molar refractivity (Wildman–Crippen MR) is 97.1 cm³/mol. The highest BCUT2D eigenvalue weighted by atomic mass is 32.2. The van der Waals surface area contributed by atoms with E-state index in [9.17, 15) is 13.2 Å². The molecule has 0 spiro atoms. The van der Waals surface area contributed by atoms with E-state index in [2.05, 4.69) is 10.1 Å². The van der Waals surface area contributed by atoms with Gasteiger partial charge in [-0.25, -0.2) is 8.42 Å². The number of Topliss-reactive ketones (excluding diaryl/α,β-unsaturated/α-hetero) is 1. The van der Waals surface area contributed by atoms with Crippen LogP contribution in [0.15, 0.2) is 41.6 Å². The Bertz CT molecular complexity index is 1090. The molecule has 0 aliphatic heterocycles. The van der Waals surface area contributed by atoms with Crippen LogP contribution in [-0.2, 0) is 17.1 Å². The summed E-state index contributed by atoms with van der Waals surface area (Å²) >= 11 is 0. The van der Waals surface area contributed by atoms with Gasteiger partial charge in [0.2, 0.25) is 0 Å². The maximum absolute atomic E-state index is 13.1. The largest absolute Gasteiger partial charge is 0.494 e. The van der Waals surface area contributed by atoms with Crippen LogP contribution >= 0.6 is 0 Å². The van der Waals surface area contributed by atoms with E-state index >= 15 is 0 Å². The van der Waals surface area contributed by atoms with Gasteiger partial charge in [0.15, 0.2) is 5.78 Å². The Balaban J connectivity index is 2.16. The lowest BCUT2D eigenvalue weighted by Gasteiger charge is -2.22. The maximum Gasteiger partial charge on any atom is 0.265 e. The second-order valence-electron chi connectivity index (χ2n) is 5.73. The summed E-state index contributed by atoms with van der Waals surface area (Å²) in [5, 5.41) is 4.98. The zero-order valence-corrected chi connectivity index (χ0v) is 15.6. The molecule has 0 N–H and O–H groups in total. The standard InChI is InChI=1S/C17H18N4O4S/c1-11(22)14-7-6-13(10-18-14)26(23,24)21(3)17-15(25-4)8-5-12-9-19-20(2)16(12)17/h5-10H,1-4H3. The Labute approximate surface area is 151 Å². The zero-order chi connectivity index (χ0) is 19.1. The van der Waals surface area contributed by atoms with E-state index in [-0.39, 0.29) is 16.4 Å². The molecule has 9 heteroatoms. The van der Waals surface area contributed by atoms with Crippen LogP contribution in [0, 0.1) is 0 Å². The third-order valence-corrected chi connectivity index (χ3v) is 5.87. The molecule has 26 heavy (non-hydrogen) atoms. The number of fused-ring (bicyclic) bond motifs is 1. The van der Waals surface area contributed by atoms with E-state index in [0.717, 1.165) is 9.69 Å². The number of anilines is 1. The van der Waals surface area contributed by atoms with E-state index in [1.165, 1.54) is 39.4 Å². The Morgan fingerprint density at radius 3 is 2.50 bits per heavy atom. The molecule has 0 radical (unpaired) electrons. The van der Waals surface area contributed by atoms with Gasteiger partial charge in [0.25, 0.3) is 10.0 Å². The molecule has 0 bridgehead atoms. The van der Waals surface area contributed by atoms with E-state index < -0.39 is 10.0 Å². The van der Waals surface area contributed by atoms with Gasteiger partial charge in [-0.3, -0.25) is 18.8 Å². The number of hydrogen-bond donors (Lipinski definition) is 0. The molecule has 3 aromatic rings. The number of ketones is 1. The lowest BCUT2D eigenvalue weighted by atomic mass is 10.2. The van der Waals surface area contributed by atoms with Crippen LogP contribution in [0.5, 0.6) is 5.75 Å². The summed E-state index contributed by atoms with van der Waals surface area (Å²) in [6, 6.07) is 6.27. The Hall–Kier alpha value is -2.94. The summed E-state index contributed by atoms with van der Waals surface area (Å²) in [4.78, 5) is 15.3. The summed E-state index contributed by atoms with van der Waals surface area (Å²) in [6.07, 6.45) is 2.83. The summed E-state index contributed by atoms with van der Waals surface area (Å²) in [5.74, 6) is 0.170. The Kier molecular flexibility index (Phi) is 4.41. The highest BCUT2D eigenvalue weighted by Gasteiger charge is 2.27. The third-order valence-electron chi connectivity index (χ3n) is 4.13. The van der Waals surface area contributed by atoms with Crippen molar-refractivity contribution in [2.24, 2.45) is 7.05 Å². The first-order valence-corrected chi connectivity index (χ1v) is 9.16. The number of carbonyl (C=O) groups excluding carboxylic acids is 1. The first kappa shape index (κ1) is 17.9. The number of nitrogens with zero attached hydrogens (tertiary/aromatic N) is 4. The van der Waals surface area contributed by atoms with Gasteiger partial charge in [-0.2, -0.15) is 5.10 Å². The molecular formula is C17H18N4O4S. The molecule has 0 aliphatic carbocycles. The lowest BCUT2D eigenvalue weighted by molar-refractivity contribution is 0.101. The van der Waals surface area contributed by atoms with Gasteiger partial charge < -0.3 is 4.74 Å². The van der Waals surface area contributed by atoms with E-state index in [0.29, 0.717) is 17.0 Å². The fraction of sp³-hybridized carbons (Fsp3) is 0.235. The van der Waals surface area contributed by atoms with Crippen LogP contribution in [0.2, 0.25) is 0 Å². The van der Waals surface area contributed by atoms with Crippen LogP contribution in [0.4, 0.5) is 5.69 Å². The number of pyridine rings is 1. The van der Waals surface area contributed by atoms with Crippen molar-refractivity contribution in [1.29, 1.82) is 0 Å². The first-order chi connectivity index (χ1) is 12.3. The van der Waals surface area contributed by atoms with Gasteiger partial charge in [0, 0.05) is 32.6 Å². The molecule has 0 saturated carbocycles. The number of hydrogen-bond acceptors (Lipinski definition) is 6. The highest BCUT2D eigenvalue weighted by Crippen LogP contribution is 2.37. The van der Waals surface area contributed by atoms with Crippen LogP contribution in [0.1, 0.15) is 17.4 Å². The van der Waals surface area contributed by atoms with E-state index in [1.807, 2.05) is 6.07 Å². The summed E-state index contributed by atoms with van der Waals surface area (Å²) in [5.41, 5.74) is 1.21. The molecule has 2 heterocycles. The Morgan fingerprint density at radius 2 is 1.92 bits per heavy atom. The molecule has 0 amide bonds. The van der Waals surface area contributed by atoms with Crippen LogP contribution in [-0.4, -0.2) is 43.1 Å². The van der Waals surface area contributed by atoms with Crippen molar-refractivity contribution in [3.05, 3.63) is 42.4 Å². The van der Waals surface area contributed by atoms with E-state index in [1.54, 1.807) is 24.0 Å². The molecule has 0 atom stereocenters. The molecule has 3 rings (SSSR count). The monoisotopic (exact) mass is 374 g/mol. The van der Waals surface area contributed by atoms with Crippen LogP contribution in [0.25, 0.3) is 10.9 Å². The minimum Gasteiger partial charge on any atom is -0.494 e. The highest BCUT2D eigenvalue weighted by molar-refractivity contribution is 7.92. The number of sulfonamides is 1. The van der Waals surface area contributed by atoms with Crippen molar-refractivity contribution in [2.75, 3.05) is 18.5 Å². The topological polar surface area (TPSA) is 94.4 Å². The number of methoxy groups -OCH3 is 1. The summed E-state index contributed by atoms with van der Waals surface area (Å²) in [7, 11) is 0.736. The Morgan fingerprint density at radius 1 is 1.19 bits per heavy atom. The normalized spacial score (nSPS) is 11.5. The number of aryl methyl sites for hydroxylation is 1. The zero-order valence-electron chi connectivity index (χ0n) is 14.8. The van der Waals surface area contributed by atoms with Crippen molar-refractivity contribution < 1.29 is 17.9 Å². The summed E-state index contributed by atoms with van der Waals surface area (Å²) in [6.45, 7) is 1.37. The minimum absolute atomic E-state index is 0.0220. The second kappa shape index (κ2) is 6.41. The van der Waals surface area contributed by atoms with E-state index in [4.69, 9.17) is 4.74 Å². The van der Waals surface area contributed by atoms with Gasteiger partial charge in [-0.15, -0.1) is 0 Å².